The Morgan fingerprint density at radius 3 is 2.21 bits per heavy atom. The van der Waals surface area contributed by atoms with Crippen LogP contribution >= 0.6 is 0 Å². The predicted octanol–water partition coefficient (Wildman–Crippen LogP) is -0.166. The van der Waals surface area contributed by atoms with E-state index in [1.807, 2.05) is 0 Å². The number of alkyl halides is 3. The number of rotatable bonds is 1. The van der Waals surface area contributed by atoms with Crippen LogP contribution in [0.25, 0.3) is 11.5 Å². The minimum absolute atomic E-state index is 0.00271. The molecule has 0 amide bonds. The van der Waals surface area contributed by atoms with Gasteiger partial charge in [0.25, 0.3) is 5.82 Å². The molecular formula is C8H8BF3N4O3. The Labute approximate surface area is 105 Å². The molecule has 0 unspecified atom stereocenters. The van der Waals surface area contributed by atoms with Gasteiger partial charge in [0.2, 0.25) is 0 Å². The van der Waals surface area contributed by atoms with Crippen molar-refractivity contribution in [3.63, 3.8) is 0 Å². The summed E-state index contributed by atoms with van der Waals surface area (Å²) in [6.07, 6.45) is -3.07. The van der Waals surface area contributed by atoms with Crippen LogP contribution in [0.1, 0.15) is 5.82 Å². The van der Waals surface area contributed by atoms with Crippen LogP contribution in [0.2, 0.25) is 0 Å². The van der Waals surface area contributed by atoms with Gasteiger partial charge in [-0.15, -0.1) is 5.10 Å². The van der Waals surface area contributed by atoms with Gasteiger partial charge in [0, 0.05) is 6.20 Å². The number of hydrogen-bond donors (Lipinski definition) is 4. The highest BCUT2D eigenvalue weighted by Gasteiger charge is 2.36. The lowest BCUT2D eigenvalue weighted by Crippen LogP contribution is -2.07. The Bertz CT molecular complexity index is 503. The second-order valence-electron chi connectivity index (χ2n) is 3.07. The fourth-order valence-electron chi connectivity index (χ4n) is 1.01. The summed E-state index contributed by atoms with van der Waals surface area (Å²) in [5.41, 5.74) is 0.320. The number of nitrogens with one attached hydrogen (secondary N) is 1. The molecule has 0 spiro atoms. The molecule has 0 bridgehead atoms. The SMILES string of the molecule is FC(F)(F)c1n[nH]c(-c2ccccn2)n1.OB(O)O. The van der Waals surface area contributed by atoms with Crippen molar-refractivity contribution in [2.24, 2.45) is 0 Å². The topological polar surface area (TPSA) is 115 Å². The van der Waals surface area contributed by atoms with E-state index in [1.54, 1.807) is 18.2 Å². The molecule has 2 aromatic heterocycles. The fourth-order valence-corrected chi connectivity index (χ4v) is 1.01. The van der Waals surface area contributed by atoms with Crippen LogP contribution in [-0.2, 0) is 6.18 Å². The number of nitrogens with zero attached hydrogens (tertiary/aromatic N) is 3. The number of H-pyrrole nitrogens is 1. The van der Waals surface area contributed by atoms with Crippen molar-refractivity contribution in [2.75, 3.05) is 0 Å². The minimum Gasteiger partial charge on any atom is -0.402 e. The van der Waals surface area contributed by atoms with E-state index in [-0.39, 0.29) is 5.82 Å². The van der Waals surface area contributed by atoms with Crippen molar-refractivity contribution in [1.29, 1.82) is 0 Å². The number of pyridine rings is 1. The van der Waals surface area contributed by atoms with Crippen LogP contribution in [0.4, 0.5) is 13.2 Å². The van der Waals surface area contributed by atoms with Crippen molar-refractivity contribution in [1.82, 2.24) is 20.2 Å². The second kappa shape index (κ2) is 6.27. The molecule has 102 valence electrons. The zero-order valence-corrected chi connectivity index (χ0v) is 9.20. The average molecular weight is 276 g/mol. The molecule has 0 aliphatic heterocycles. The van der Waals surface area contributed by atoms with Crippen LogP contribution in [0.5, 0.6) is 0 Å². The predicted molar refractivity (Wildman–Crippen MR) is 57.0 cm³/mol. The molecule has 2 rings (SSSR count). The zero-order chi connectivity index (χ0) is 14.5. The highest BCUT2D eigenvalue weighted by Crippen LogP contribution is 2.26. The molecular weight excluding hydrogens is 268 g/mol. The van der Waals surface area contributed by atoms with E-state index in [2.05, 4.69) is 20.2 Å². The van der Waals surface area contributed by atoms with Crippen LogP contribution in [0.15, 0.2) is 24.4 Å². The van der Waals surface area contributed by atoms with E-state index >= 15 is 0 Å². The summed E-state index contributed by atoms with van der Waals surface area (Å²) in [6, 6.07) is 4.85. The number of aromatic nitrogens is 4. The Morgan fingerprint density at radius 1 is 1.16 bits per heavy atom. The molecule has 0 aliphatic rings. The fraction of sp³-hybridized carbons (Fsp3) is 0.125. The van der Waals surface area contributed by atoms with Gasteiger partial charge in [-0.25, -0.2) is 4.98 Å². The van der Waals surface area contributed by atoms with E-state index in [1.165, 1.54) is 6.20 Å². The molecule has 0 saturated heterocycles. The van der Waals surface area contributed by atoms with Gasteiger partial charge in [0.1, 0.15) is 5.69 Å². The molecule has 4 N–H and O–H groups in total. The summed E-state index contributed by atoms with van der Waals surface area (Å²) >= 11 is 0. The van der Waals surface area contributed by atoms with E-state index < -0.39 is 19.3 Å². The minimum atomic E-state index is -4.54. The van der Waals surface area contributed by atoms with E-state index in [0.717, 1.165) is 0 Å². The van der Waals surface area contributed by atoms with Gasteiger partial charge >= 0.3 is 13.5 Å². The van der Waals surface area contributed by atoms with Crippen molar-refractivity contribution >= 4 is 7.32 Å². The lowest BCUT2D eigenvalue weighted by atomic mass is 10.3. The molecule has 0 aromatic carbocycles. The van der Waals surface area contributed by atoms with Crippen molar-refractivity contribution in [3.05, 3.63) is 30.2 Å². The van der Waals surface area contributed by atoms with E-state index in [9.17, 15) is 13.2 Å². The summed E-state index contributed by atoms with van der Waals surface area (Å²) < 4.78 is 36.5. The quantitative estimate of drug-likeness (QED) is 0.538. The normalized spacial score (nSPS) is 10.6. The molecule has 19 heavy (non-hydrogen) atoms. The first-order valence-electron chi connectivity index (χ1n) is 4.76. The second-order valence-corrected chi connectivity index (χ2v) is 3.07. The maximum atomic E-state index is 12.2. The number of halogens is 3. The Morgan fingerprint density at radius 2 is 1.79 bits per heavy atom. The van der Waals surface area contributed by atoms with Gasteiger partial charge in [-0.2, -0.15) is 13.2 Å². The van der Waals surface area contributed by atoms with E-state index in [0.29, 0.717) is 5.69 Å². The third kappa shape index (κ3) is 5.03. The van der Waals surface area contributed by atoms with Gasteiger partial charge in [0.05, 0.1) is 0 Å². The highest BCUT2D eigenvalue weighted by atomic mass is 19.4. The summed E-state index contributed by atoms with van der Waals surface area (Å²) in [5.74, 6) is -1.19. The number of aromatic amines is 1. The van der Waals surface area contributed by atoms with E-state index in [4.69, 9.17) is 15.1 Å². The monoisotopic (exact) mass is 276 g/mol. The van der Waals surface area contributed by atoms with Gasteiger partial charge in [0.15, 0.2) is 5.82 Å². The first kappa shape index (κ1) is 15.1. The summed E-state index contributed by atoms with van der Waals surface area (Å²) in [5, 5.41) is 26.7. The van der Waals surface area contributed by atoms with Gasteiger partial charge in [-0.1, -0.05) is 6.07 Å². The molecule has 2 aromatic rings. The highest BCUT2D eigenvalue weighted by molar-refractivity contribution is 6.30. The average Bonchev–Trinajstić information content (AvgIpc) is 2.78. The summed E-state index contributed by atoms with van der Waals surface area (Å²) in [4.78, 5) is 7.14. The van der Waals surface area contributed by atoms with Crippen LogP contribution in [0, 0.1) is 0 Å². The van der Waals surface area contributed by atoms with Crippen LogP contribution < -0.4 is 0 Å². The zero-order valence-electron chi connectivity index (χ0n) is 9.20. The molecule has 0 aliphatic carbocycles. The standard InChI is InChI=1S/C8H5F3N4.BH3O3/c9-8(10,11)7-13-6(14-15-7)5-3-1-2-4-12-5;2-1(3)4/h1-4H,(H,13,14,15);2-4H. The maximum absolute atomic E-state index is 12.2. The van der Waals surface area contributed by atoms with Crippen molar-refractivity contribution in [2.45, 2.75) is 6.18 Å². The Hall–Kier alpha value is -1.98. The maximum Gasteiger partial charge on any atom is 0.631 e. The molecule has 2 heterocycles. The molecule has 0 atom stereocenters. The molecule has 0 radical (unpaired) electrons. The third-order valence-corrected chi connectivity index (χ3v) is 1.65. The van der Waals surface area contributed by atoms with Crippen molar-refractivity contribution < 1.29 is 28.2 Å². The van der Waals surface area contributed by atoms with Gasteiger partial charge < -0.3 is 15.1 Å². The molecule has 7 nitrogen and oxygen atoms in total. The molecule has 0 saturated carbocycles. The Balaban J connectivity index is 0.000000399. The van der Waals surface area contributed by atoms with Gasteiger partial charge in [-0.05, 0) is 12.1 Å². The van der Waals surface area contributed by atoms with Gasteiger partial charge in [-0.3, -0.25) is 10.1 Å². The first-order chi connectivity index (χ1) is 8.80. The third-order valence-electron chi connectivity index (χ3n) is 1.65. The van der Waals surface area contributed by atoms with Crippen molar-refractivity contribution in [3.8, 4) is 11.5 Å². The largest absolute Gasteiger partial charge is 0.631 e. The lowest BCUT2D eigenvalue weighted by molar-refractivity contribution is -0.144. The Kier molecular flexibility index (Phi) is 4.98. The molecule has 11 heteroatoms. The molecule has 0 fully saturated rings. The first-order valence-corrected chi connectivity index (χ1v) is 4.76. The summed E-state index contributed by atoms with van der Waals surface area (Å²) in [6.45, 7) is 0. The van der Waals surface area contributed by atoms with Crippen LogP contribution in [0.3, 0.4) is 0 Å². The lowest BCUT2D eigenvalue weighted by Gasteiger charge is -1.97. The smallest absolute Gasteiger partial charge is 0.402 e. The van der Waals surface area contributed by atoms with Crippen LogP contribution in [-0.4, -0.2) is 42.6 Å². The number of hydrogen-bond acceptors (Lipinski definition) is 6. The summed E-state index contributed by atoms with van der Waals surface area (Å²) in [7, 11) is -2.17.